The highest BCUT2D eigenvalue weighted by atomic mass is 19.1. The zero-order valence-electron chi connectivity index (χ0n) is 11.4. The minimum absolute atomic E-state index is 0.365. The van der Waals surface area contributed by atoms with Gasteiger partial charge in [-0.3, -0.25) is 4.98 Å². The molecule has 2 aromatic rings. The number of anilines is 1. The Morgan fingerprint density at radius 3 is 2.68 bits per heavy atom. The summed E-state index contributed by atoms with van der Waals surface area (Å²) < 4.78 is 13.3. The first-order valence-corrected chi connectivity index (χ1v) is 6.32. The first-order valence-electron chi connectivity index (χ1n) is 6.32. The number of hydrogen-bond donors (Lipinski definition) is 1. The van der Waals surface area contributed by atoms with Gasteiger partial charge in [-0.25, -0.2) is 14.4 Å². The van der Waals surface area contributed by atoms with Crippen molar-refractivity contribution in [2.24, 2.45) is 0 Å². The summed E-state index contributed by atoms with van der Waals surface area (Å²) in [4.78, 5) is 12.6. The highest BCUT2D eigenvalue weighted by molar-refractivity contribution is 5.67. The number of hydrogen-bond acceptors (Lipinski definition) is 4. The van der Waals surface area contributed by atoms with Crippen LogP contribution in [0.25, 0.3) is 11.3 Å². The maximum Gasteiger partial charge on any atom is 0.142 e. The zero-order chi connectivity index (χ0) is 13.8. The summed E-state index contributed by atoms with van der Waals surface area (Å²) in [5.41, 5.74) is 2.30. The second kappa shape index (κ2) is 5.73. The van der Waals surface area contributed by atoms with Crippen molar-refractivity contribution in [2.45, 2.75) is 27.2 Å². The van der Waals surface area contributed by atoms with Gasteiger partial charge in [-0.15, -0.1) is 0 Å². The lowest BCUT2D eigenvalue weighted by Gasteiger charge is -2.12. The fraction of sp³-hybridized carbons (Fsp3) is 0.357. The molecule has 0 aliphatic heterocycles. The number of halogens is 1. The lowest BCUT2D eigenvalue weighted by Crippen LogP contribution is -2.07. The Bertz CT molecular complexity index is 584. The molecule has 0 aromatic carbocycles. The summed E-state index contributed by atoms with van der Waals surface area (Å²) >= 11 is 0. The van der Waals surface area contributed by atoms with Crippen LogP contribution in [0.2, 0.25) is 0 Å². The molecule has 0 aliphatic rings. The lowest BCUT2D eigenvalue weighted by molar-refractivity contribution is 0.622. The highest BCUT2D eigenvalue weighted by Gasteiger charge is 2.11. The Morgan fingerprint density at radius 1 is 1.21 bits per heavy atom. The van der Waals surface area contributed by atoms with Crippen LogP contribution in [0, 0.1) is 19.7 Å². The van der Waals surface area contributed by atoms with Crippen LogP contribution in [0.3, 0.4) is 0 Å². The minimum Gasteiger partial charge on any atom is -0.370 e. The third-order valence-electron chi connectivity index (χ3n) is 2.78. The summed E-state index contributed by atoms with van der Waals surface area (Å²) in [5.74, 6) is 1.09. The number of rotatable bonds is 4. The Labute approximate surface area is 112 Å². The zero-order valence-corrected chi connectivity index (χ0v) is 11.4. The summed E-state index contributed by atoms with van der Waals surface area (Å²) in [6, 6.07) is 1.44. The van der Waals surface area contributed by atoms with E-state index in [1.165, 1.54) is 12.3 Å². The van der Waals surface area contributed by atoms with E-state index in [4.69, 9.17) is 0 Å². The van der Waals surface area contributed by atoms with Gasteiger partial charge >= 0.3 is 0 Å². The molecule has 2 rings (SSSR count). The van der Waals surface area contributed by atoms with Gasteiger partial charge in [-0.2, -0.15) is 0 Å². The van der Waals surface area contributed by atoms with E-state index in [1.54, 1.807) is 6.20 Å². The number of aromatic nitrogens is 3. The van der Waals surface area contributed by atoms with E-state index in [0.717, 1.165) is 30.0 Å². The molecule has 5 heteroatoms. The SMILES string of the molecule is CCCNc1nc(C)nc(-c2cncc(F)c2)c1C. The number of aryl methyl sites for hydroxylation is 1. The van der Waals surface area contributed by atoms with Crippen LogP contribution in [0.5, 0.6) is 0 Å². The Hall–Kier alpha value is -2.04. The van der Waals surface area contributed by atoms with Crippen molar-refractivity contribution in [3.8, 4) is 11.3 Å². The fourth-order valence-electron chi connectivity index (χ4n) is 1.87. The first-order chi connectivity index (χ1) is 9.11. The van der Waals surface area contributed by atoms with E-state index in [0.29, 0.717) is 11.4 Å². The van der Waals surface area contributed by atoms with Crippen LogP contribution in [0.4, 0.5) is 10.2 Å². The molecule has 0 atom stereocenters. The summed E-state index contributed by atoms with van der Waals surface area (Å²) in [6.45, 7) is 6.69. The minimum atomic E-state index is -0.365. The van der Waals surface area contributed by atoms with Crippen LogP contribution >= 0.6 is 0 Å². The molecule has 100 valence electrons. The molecule has 0 unspecified atom stereocenters. The van der Waals surface area contributed by atoms with Crippen LogP contribution in [0.1, 0.15) is 24.7 Å². The normalized spacial score (nSPS) is 10.5. The molecule has 2 heterocycles. The third-order valence-corrected chi connectivity index (χ3v) is 2.78. The topological polar surface area (TPSA) is 50.7 Å². The molecular formula is C14H17FN4. The maximum absolute atomic E-state index is 13.3. The van der Waals surface area contributed by atoms with Crippen LogP contribution < -0.4 is 5.32 Å². The highest BCUT2D eigenvalue weighted by Crippen LogP contribution is 2.25. The van der Waals surface area contributed by atoms with E-state index >= 15 is 0 Å². The van der Waals surface area contributed by atoms with Gasteiger partial charge in [0.25, 0.3) is 0 Å². The predicted octanol–water partition coefficient (Wildman–Crippen LogP) is 3.12. The van der Waals surface area contributed by atoms with Crippen molar-refractivity contribution in [1.82, 2.24) is 15.0 Å². The van der Waals surface area contributed by atoms with Crippen molar-refractivity contribution in [1.29, 1.82) is 0 Å². The first kappa shape index (κ1) is 13.4. The van der Waals surface area contributed by atoms with Crippen molar-refractivity contribution in [3.63, 3.8) is 0 Å². The second-order valence-electron chi connectivity index (χ2n) is 4.41. The Kier molecular flexibility index (Phi) is 4.04. The maximum atomic E-state index is 13.3. The van der Waals surface area contributed by atoms with Gasteiger partial charge in [0.15, 0.2) is 0 Å². The van der Waals surface area contributed by atoms with Crippen LogP contribution in [-0.4, -0.2) is 21.5 Å². The van der Waals surface area contributed by atoms with E-state index in [-0.39, 0.29) is 5.82 Å². The smallest absolute Gasteiger partial charge is 0.142 e. The van der Waals surface area contributed by atoms with Crippen molar-refractivity contribution in [2.75, 3.05) is 11.9 Å². The van der Waals surface area contributed by atoms with Gasteiger partial charge < -0.3 is 5.32 Å². The summed E-state index contributed by atoms with van der Waals surface area (Å²) in [7, 11) is 0. The molecule has 0 fully saturated rings. The molecule has 0 aliphatic carbocycles. The average Bonchev–Trinajstić information content (AvgIpc) is 2.39. The number of nitrogens with zero attached hydrogens (tertiary/aromatic N) is 3. The van der Waals surface area contributed by atoms with E-state index in [2.05, 4.69) is 27.2 Å². The molecule has 0 saturated carbocycles. The van der Waals surface area contributed by atoms with Gasteiger partial charge in [0.2, 0.25) is 0 Å². The second-order valence-corrected chi connectivity index (χ2v) is 4.41. The largest absolute Gasteiger partial charge is 0.370 e. The molecule has 2 aromatic heterocycles. The van der Waals surface area contributed by atoms with E-state index < -0.39 is 0 Å². The van der Waals surface area contributed by atoms with Gasteiger partial charge in [0, 0.05) is 23.9 Å². The molecular weight excluding hydrogens is 243 g/mol. The van der Waals surface area contributed by atoms with Crippen molar-refractivity contribution < 1.29 is 4.39 Å². The van der Waals surface area contributed by atoms with Crippen molar-refractivity contribution in [3.05, 3.63) is 35.7 Å². The Morgan fingerprint density at radius 2 is 2.00 bits per heavy atom. The number of pyridine rings is 1. The standard InChI is InChI=1S/C14H17FN4/c1-4-5-17-14-9(2)13(18-10(3)19-14)11-6-12(15)8-16-7-11/h6-8H,4-5H2,1-3H3,(H,17,18,19). The lowest BCUT2D eigenvalue weighted by atomic mass is 10.1. The van der Waals surface area contributed by atoms with Gasteiger partial charge in [0.05, 0.1) is 11.9 Å². The molecule has 0 bridgehead atoms. The molecule has 0 amide bonds. The number of nitrogens with one attached hydrogen (secondary N) is 1. The molecule has 0 spiro atoms. The predicted molar refractivity (Wildman–Crippen MR) is 73.5 cm³/mol. The fourth-order valence-corrected chi connectivity index (χ4v) is 1.87. The summed E-state index contributed by atoms with van der Waals surface area (Å²) in [5, 5.41) is 3.26. The molecule has 19 heavy (non-hydrogen) atoms. The van der Waals surface area contributed by atoms with Crippen LogP contribution in [-0.2, 0) is 0 Å². The third kappa shape index (κ3) is 3.05. The van der Waals surface area contributed by atoms with Crippen molar-refractivity contribution >= 4 is 5.82 Å². The summed E-state index contributed by atoms with van der Waals surface area (Å²) in [6.07, 6.45) is 3.81. The molecule has 1 N–H and O–H groups in total. The van der Waals surface area contributed by atoms with E-state index in [9.17, 15) is 4.39 Å². The Balaban J connectivity index is 2.48. The van der Waals surface area contributed by atoms with Gasteiger partial charge in [0.1, 0.15) is 17.5 Å². The van der Waals surface area contributed by atoms with Gasteiger partial charge in [-0.05, 0) is 26.3 Å². The van der Waals surface area contributed by atoms with Crippen LogP contribution in [0.15, 0.2) is 18.5 Å². The molecule has 0 saturated heterocycles. The average molecular weight is 260 g/mol. The monoisotopic (exact) mass is 260 g/mol. The quantitative estimate of drug-likeness (QED) is 0.917. The molecule has 0 radical (unpaired) electrons. The van der Waals surface area contributed by atoms with E-state index in [1.807, 2.05) is 13.8 Å². The van der Waals surface area contributed by atoms with Gasteiger partial charge in [-0.1, -0.05) is 6.92 Å². The molecule has 4 nitrogen and oxygen atoms in total.